The first-order chi connectivity index (χ1) is 17.6. The third-order valence-corrected chi connectivity index (χ3v) is 7.52. The number of carbonyl (C=O) groups excluding carboxylic acids is 1. The van der Waals surface area contributed by atoms with Crippen molar-refractivity contribution in [2.45, 2.75) is 37.8 Å². The fourth-order valence-electron chi connectivity index (χ4n) is 5.69. The van der Waals surface area contributed by atoms with Crippen molar-refractivity contribution in [3.8, 4) is 0 Å². The number of carbonyl (C=O) groups is 1. The molecule has 2 aliphatic heterocycles. The van der Waals surface area contributed by atoms with Gasteiger partial charge in [-0.1, -0.05) is 24.3 Å². The number of aryl methyl sites for hydroxylation is 1. The molecule has 8 heteroatoms. The van der Waals surface area contributed by atoms with E-state index in [1.807, 2.05) is 29.2 Å². The molecule has 0 radical (unpaired) electrons. The van der Waals surface area contributed by atoms with Crippen LogP contribution in [0.25, 0.3) is 15.9 Å². The molecule has 3 heterocycles. The molecule has 8 nitrogen and oxygen atoms in total. The number of nitrogens with zero attached hydrogens (tertiary/aromatic N) is 5. The van der Waals surface area contributed by atoms with Gasteiger partial charge in [-0.25, -0.2) is 9.83 Å². The molecule has 2 aliphatic rings. The fourth-order valence-corrected chi connectivity index (χ4v) is 5.69. The lowest BCUT2D eigenvalue weighted by atomic mass is 9.94. The van der Waals surface area contributed by atoms with Crippen molar-refractivity contribution >= 4 is 28.3 Å². The van der Waals surface area contributed by atoms with E-state index in [2.05, 4.69) is 32.5 Å². The summed E-state index contributed by atoms with van der Waals surface area (Å²) in [7, 11) is 1.73. The third-order valence-electron chi connectivity index (χ3n) is 7.52. The summed E-state index contributed by atoms with van der Waals surface area (Å²) in [6.07, 6.45) is 2.89. The van der Waals surface area contributed by atoms with E-state index in [1.54, 1.807) is 13.2 Å². The maximum absolute atomic E-state index is 13.7. The highest BCUT2D eigenvalue weighted by Crippen LogP contribution is 2.32. The Morgan fingerprint density at radius 1 is 1.19 bits per heavy atom. The van der Waals surface area contributed by atoms with E-state index in [0.717, 1.165) is 54.9 Å². The summed E-state index contributed by atoms with van der Waals surface area (Å²) in [4.78, 5) is 26.4. The molecule has 36 heavy (non-hydrogen) atoms. The number of ether oxygens (including phenoxy) is 1. The topological polar surface area (TPSA) is 81.0 Å². The van der Waals surface area contributed by atoms with Crippen molar-refractivity contribution in [2.24, 2.45) is 11.7 Å². The number of piperidine rings is 1. The van der Waals surface area contributed by atoms with Crippen LogP contribution in [0.5, 0.6) is 0 Å². The second-order valence-electron chi connectivity index (χ2n) is 9.89. The quantitative estimate of drug-likeness (QED) is 0.406. The maximum atomic E-state index is 13.7. The minimum atomic E-state index is -0.249. The number of aromatic nitrogens is 2. The molecule has 3 aromatic rings. The van der Waals surface area contributed by atoms with Crippen molar-refractivity contribution in [1.29, 1.82) is 0 Å². The zero-order chi connectivity index (χ0) is 25.1. The molecule has 3 atom stereocenters. The van der Waals surface area contributed by atoms with Crippen molar-refractivity contribution in [1.82, 2.24) is 14.5 Å². The molecule has 0 saturated carbocycles. The molecule has 2 aromatic carbocycles. The second-order valence-corrected chi connectivity index (χ2v) is 9.89. The number of para-hydroxylation sites is 2. The van der Waals surface area contributed by atoms with Crippen LogP contribution in [-0.4, -0.2) is 66.3 Å². The van der Waals surface area contributed by atoms with E-state index >= 15 is 0 Å². The molecule has 2 saturated heterocycles. The van der Waals surface area contributed by atoms with E-state index in [9.17, 15) is 4.79 Å². The van der Waals surface area contributed by atoms with Crippen LogP contribution in [0.2, 0.25) is 0 Å². The van der Waals surface area contributed by atoms with Gasteiger partial charge >= 0.3 is 0 Å². The molecular weight excluding hydrogens is 452 g/mol. The number of imidazole rings is 1. The van der Waals surface area contributed by atoms with E-state index < -0.39 is 0 Å². The van der Waals surface area contributed by atoms with E-state index in [-0.39, 0.29) is 23.8 Å². The lowest BCUT2D eigenvalue weighted by Gasteiger charge is -2.35. The van der Waals surface area contributed by atoms with Gasteiger partial charge in [-0.05, 0) is 43.5 Å². The number of likely N-dealkylation sites (tertiary alicyclic amines) is 1. The molecule has 1 aromatic heterocycles. The van der Waals surface area contributed by atoms with Crippen LogP contribution >= 0.6 is 0 Å². The number of amides is 1. The van der Waals surface area contributed by atoms with Crippen molar-refractivity contribution < 1.29 is 9.53 Å². The van der Waals surface area contributed by atoms with E-state index in [4.69, 9.17) is 22.0 Å². The highest BCUT2D eigenvalue weighted by Gasteiger charge is 2.39. The smallest absolute Gasteiger partial charge is 0.229 e. The molecule has 0 spiro atoms. The summed E-state index contributed by atoms with van der Waals surface area (Å²) >= 11 is 0. The number of hydrogen-bond donors (Lipinski definition) is 1. The molecular formula is C28H34N6O2. The average Bonchev–Trinajstić information content (AvgIpc) is 3.49. The predicted octanol–water partition coefficient (Wildman–Crippen LogP) is 3.79. The number of anilines is 1. The maximum Gasteiger partial charge on any atom is 0.229 e. The highest BCUT2D eigenvalue weighted by molar-refractivity contribution is 5.82. The van der Waals surface area contributed by atoms with Crippen molar-refractivity contribution in [3.63, 3.8) is 0 Å². The van der Waals surface area contributed by atoms with E-state index in [1.165, 1.54) is 0 Å². The van der Waals surface area contributed by atoms with Gasteiger partial charge in [0.1, 0.15) is 5.82 Å². The number of hydrogen-bond acceptors (Lipinski definition) is 5. The summed E-state index contributed by atoms with van der Waals surface area (Å²) in [5, 5.41) is 0. The number of methoxy groups -OCH3 is 1. The summed E-state index contributed by atoms with van der Waals surface area (Å²) < 4.78 is 7.61. The summed E-state index contributed by atoms with van der Waals surface area (Å²) in [5.74, 6) is 1.15. The predicted molar refractivity (Wildman–Crippen MR) is 141 cm³/mol. The molecule has 5 rings (SSSR count). The summed E-state index contributed by atoms with van der Waals surface area (Å²) in [6.45, 7) is 11.5. The number of nitrogens with two attached hydrogens (primary N) is 1. The average molecular weight is 487 g/mol. The van der Waals surface area contributed by atoms with Gasteiger partial charge in [0.25, 0.3) is 0 Å². The first-order valence-corrected chi connectivity index (χ1v) is 12.8. The minimum Gasteiger partial charge on any atom is -0.385 e. The van der Waals surface area contributed by atoms with Gasteiger partial charge < -0.3 is 24.8 Å². The Morgan fingerprint density at radius 2 is 2.06 bits per heavy atom. The Labute approximate surface area is 212 Å². The lowest BCUT2D eigenvalue weighted by Crippen LogP contribution is -2.47. The fraction of sp³-hybridized carbons (Fsp3) is 0.464. The number of rotatable bonds is 7. The third kappa shape index (κ3) is 4.81. The van der Waals surface area contributed by atoms with Crippen LogP contribution in [0.4, 0.5) is 11.4 Å². The van der Waals surface area contributed by atoms with Crippen LogP contribution in [0.1, 0.15) is 31.0 Å². The van der Waals surface area contributed by atoms with Crippen molar-refractivity contribution in [2.75, 3.05) is 44.8 Å². The largest absolute Gasteiger partial charge is 0.385 e. The first kappa shape index (κ1) is 24.3. The molecule has 0 aliphatic carbocycles. The Bertz CT molecular complexity index is 1260. The van der Waals surface area contributed by atoms with Crippen LogP contribution in [-0.2, 0) is 16.1 Å². The highest BCUT2D eigenvalue weighted by atomic mass is 16.5. The van der Waals surface area contributed by atoms with Crippen molar-refractivity contribution in [3.05, 3.63) is 65.8 Å². The molecule has 0 bridgehead atoms. The van der Waals surface area contributed by atoms with Crippen LogP contribution in [0.3, 0.4) is 0 Å². The van der Waals surface area contributed by atoms with E-state index in [0.29, 0.717) is 31.9 Å². The van der Waals surface area contributed by atoms with Crippen LogP contribution in [0.15, 0.2) is 48.5 Å². The normalized spacial score (nSPS) is 22.2. The Balaban J connectivity index is 1.32. The van der Waals surface area contributed by atoms with Gasteiger partial charge in [0.15, 0.2) is 5.69 Å². The number of benzene rings is 2. The Morgan fingerprint density at radius 3 is 2.89 bits per heavy atom. The molecule has 1 amide bonds. The minimum absolute atomic E-state index is 0.137. The lowest BCUT2D eigenvalue weighted by molar-refractivity contribution is -0.136. The standard InChI is InChI=1S/C28H34N6O2/c1-30-21-9-5-10-22(16-21)33-18-23(24(29)19-33)28(35)32-13-6-8-20(17-32)27-31-25-11-3-4-12-26(25)34(27)14-7-15-36-2/h3-5,9-12,16,20,23-24H,6-8,13-15,17-19,29H2,2H3/t20-,23-,24-/m1/s1. The summed E-state index contributed by atoms with van der Waals surface area (Å²) in [5.41, 5.74) is 10.2. The zero-order valence-electron chi connectivity index (χ0n) is 20.8. The molecule has 188 valence electrons. The van der Waals surface area contributed by atoms with Crippen LogP contribution < -0.4 is 10.6 Å². The first-order valence-electron chi connectivity index (χ1n) is 12.8. The van der Waals surface area contributed by atoms with Crippen LogP contribution in [0, 0.1) is 12.5 Å². The van der Waals surface area contributed by atoms with Gasteiger partial charge in [-0.2, -0.15) is 0 Å². The SMILES string of the molecule is [C-]#[N+]c1cccc(N2C[C@@H](N)[C@H](C(=O)N3CCC[C@@H](c4nc5ccccc5n4CCCOC)C3)C2)c1. The second kappa shape index (κ2) is 10.7. The van der Waals surface area contributed by atoms with Gasteiger partial charge in [0, 0.05) is 64.1 Å². The van der Waals surface area contributed by atoms with Gasteiger partial charge in [0.05, 0.1) is 23.5 Å². The molecule has 2 fully saturated rings. The monoisotopic (exact) mass is 486 g/mol. The summed E-state index contributed by atoms with van der Waals surface area (Å²) in [6, 6.07) is 15.6. The van der Waals surface area contributed by atoms with Gasteiger partial charge in [0.2, 0.25) is 5.91 Å². The molecule has 2 N–H and O–H groups in total. The van der Waals surface area contributed by atoms with Gasteiger partial charge in [-0.3, -0.25) is 4.79 Å². The number of fused-ring (bicyclic) bond motifs is 1. The Hall–Kier alpha value is -3.41. The Kier molecular flexibility index (Phi) is 7.21. The molecule has 0 unspecified atom stereocenters. The zero-order valence-corrected chi connectivity index (χ0v) is 20.8. The van der Waals surface area contributed by atoms with Gasteiger partial charge in [-0.15, -0.1) is 0 Å².